The zero-order valence-corrected chi connectivity index (χ0v) is 14.2. The largest absolute Gasteiger partial charge is 0.479 e. The molecule has 2 heterocycles. The Morgan fingerprint density at radius 2 is 1.84 bits per heavy atom. The van der Waals surface area contributed by atoms with Gasteiger partial charge in [-0.2, -0.15) is 5.10 Å². The number of ether oxygens (including phenoxy) is 1. The molecule has 1 atom stereocenters. The first-order valence-corrected chi connectivity index (χ1v) is 8.26. The first-order valence-electron chi connectivity index (χ1n) is 7.89. The van der Waals surface area contributed by atoms with E-state index in [9.17, 15) is 4.39 Å². The third kappa shape index (κ3) is 3.15. The molecule has 1 aromatic heterocycles. The average Bonchev–Trinajstić information content (AvgIpc) is 3.23. The molecule has 1 unspecified atom stereocenters. The highest BCUT2D eigenvalue weighted by molar-refractivity contribution is 6.30. The van der Waals surface area contributed by atoms with Crippen LogP contribution in [0.5, 0.6) is 0 Å². The fraction of sp³-hybridized carbons (Fsp3) is 0.158. The van der Waals surface area contributed by atoms with Gasteiger partial charge >= 0.3 is 0 Å². The topological polar surface area (TPSA) is 39.4 Å². The normalized spacial score (nSPS) is 16.6. The first-order chi connectivity index (χ1) is 12.1. The van der Waals surface area contributed by atoms with E-state index in [-0.39, 0.29) is 11.9 Å². The van der Waals surface area contributed by atoms with Crippen LogP contribution in [0.15, 0.2) is 59.7 Å². The van der Waals surface area contributed by atoms with Crippen LogP contribution in [0.3, 0.4) is 0 Å². The van der Waals surface area contributed by atoms with E-state index in [1.807, 2.05) is 37.4 Å². The van der Waals surface area contributed by atoms with E-state index in [2.05, 4.69) is 4.99 Å². The highest BCUT2D eigenvalue weighted by Gasteiger charge is 2.25. The highest BCUT2D eigenvalue weighted by Crippen LogP contribution is 2.33. The summed E-state index contributed by atoms with van der Waals surface area (Å²) in [6.45, 7) is 2.30. The number of aromatic nitrogens is 2. The Balaban J connectivity index is 1.82. The number of rotatable bonds is 3. The van der Waals surface area contributed by atoms with Crippen molar-refractivity contribution in [2.24, 2.45) is 4.99 Å². The van der Waals surface area contributed by atoms with Gasteiger partial charge in [0.05, 0.1) is 11.4 Å². The van der Waals surface area contributed by atoms with E-state index < -0.39 is 0 Å². The Morgan fingerprint density at radius 1 is 1.12 bits per heavy atom. The van der Waals surface area contributed by atoms with Crippen molar-refractivity contribution < 1.29 is 9.13 Å². The molecule has 0 aliphatic carbocycles. The van der Waals surface area contributed by atoms with Gasteiger partial charge in [0.2, 0.25) is 0 Å². The summed E-state index contributed by atoms with van der Waals surface area (Å²) in [5.74, 6) is 0.377. The van der Waals surface area contributed by atoms with Crippen LogP contribution >= 0.6 is 11.6 Å². The Labute approximate surface area is 149 Å². The molecule has 0 saturated carbocycles. The van der Waals surface area contributed by atoms with Crippen LogP contribution in [0.25, 0.3) is 16.8 Å². The molecule has 126 valence electrons. The van der Waals surface area contributed by atoms with Gasteiger partial charge in [0.15, 0.2) is 5.90 Å². The molecule has 25 heavy (non-hydrogen) atoms. The van der Waals surface area contributed by atoms with Crippen LogP contribution in [0.4, 0.5) is 4.39 Å². The molecule has 0 fully saturated rings. The second-order valence-electron chi connectivity index (χ2n) is 5.83. The number of benzene rings is 2. The zero-order valence-electron chi connectivity index (χ0n) is 13.5. The van der Waals surface area contributed by atoms with E-state index in [4.69, 9.17) is 21.4 Å². The van der Waals surface area contributed by atoms with Gasteiger partial charge in [0, 0.05) is 23.7 Å². The van der Waals surface area contributed by atoms with Gasteiger partial charge in [-0.25, -0.2) is 14.1 Å². The van der Waals surface area contributed by atoms with E-state index >= 15 is 0 Å². The van der Waals surface area contributed by atoms with Gasteiger partial charge in [0.25, 0.3) is 0 Å². The van der Waals surface area contributed by atoms with Crippen molar-refractivity contribution in [2.75, 3.05) is 6.61 Å². The van der Waals surface area contributed by atoms with Gasteiger partial charge in [-0.15, -0.1) is 0 Å². The predicted octanol–water partition coefficient (Wildman–Crippen LogP) is 4.82. The van der Waals surface area contributed by atoms with Crippen LogP contribution in [0.2, 0.25) is 5.02 Å². The maximum absolute atomic E-state index is 13.2. The lowest BCUT2D eigenvalue weighted by atomic mass is 10.0. The lowest BCUT2D eigenvalue weighted by molar-refractivity contribution is 0.315. The Hall–Kier alpha value is -2.66. The van der Waals surface area contributed by atoms with Gasteiger partial charge in [-0.3, -0.25) is 0 Å². The SMILES string of the molecule is CC1=NC(c2nn(-c3ccc(F)cc3)cc2-c2ccc(Cl)cc2)CO1. The molecule has 0 spiro atoms. The van der Waals surface area contributed by atoms with Crippen LogP contribution < -0.4 is 0 Å². The molecule has 0 saturated heterocycles. The second-order valence-corrected chi connectivity index (χ2v) is 6.27. The third-order valence-electron chi connectivity index (χ3n) is 4.09. The number of hydrogen-bond acceptors (Lipinski definition) is 3. The Bertz CT molecular complexity index is 932. The van der Waals surface area contributed by atoms with E-state index in [0.717, 1.165) is 22.5 Å². The third-order valence-corrected chi connectivity index (χ3v) is 4.34. The molecule has 4 rings (SSSR count). The van der Waals surface area contributed by atoms with E-state index in [0.29, 0.717) is 17.5 Å². The summed E-state index contributed by atoms with van der Waals surface area (Å²) < 4.78 is 20.4. The Kier molecular flexibility index (Phi) is 4.01. The van der Waals surface area contributed by atoms with Gasteiger partial charge in [0.1, 0.15) is 18.5 Å². The minimum atomic E-state index is -0.279. The minimum Gasteiger partial charge on any atom is -0.479 e. The monoisotopic (exact) mass is 355 g/mol. The summed E-state index contributed by atoms with van der Waals surface area (Å²) in [6, 6.07) is 13.6. The summed E-state index contributed by atoms with van der Waals surface area (Å²) in [5, 5.41) is 5.37. The maximum atomic E-state index is 13.2. The van der Waals surface area contributed by atoms with E-state index in [1.54, 1.807) is 16.8 Å². The lowest BCUT2D eigenvalue weighted by Gasteiger charge is -2.05. The predicted molar refractivity (Wildman–Crippen MR) is 95.8 cm³/mol. The van der Waals surface area contributed by atoms with Crippen molar-refractivity contribution in [1.29, 1.82) is 0 Å². The fourth-order valence-electron chi connectivity index (χ4n) is 2.84. The summed E-state index contributed by atoms with van der Waals surface area (Å²) in [6.07, 6.45) is 1.93. The molecule has 2 aromatic carbocycles. The van der Waals surface area contributed by atoms with Crippen molar-refractivity contribution in [3.8, 4) is 16.8 Å². The Morgan fingerprint density at radius 3 is 2.48 bits per heavy atom. The lowest BCUT2D eigenvalue weighted by Crippen LogP contribution is -2.02. The van der Waals surface area contributed by atoms with Crippen LogP contribution in [-0.2, 0) is 4.74 Å². The van der Waals surface area contributed by atoms with Crippen molar-refractivity contribution in [1.82, 2.24) is 9.78 Å². The maximum Gasteiger partial charge on any atom is 0.180 e. The molecule has 0 radical (unpaired) electrons. The summed E-state index contributed by atoms with van der Waals surface area (Å²) in [7, 11) is 0. The smallest absolute Gasteiger partial charge is 0.180 e. The number of aliphatic imine (C=N–C) groups is 1. The molecule has 4 nitrogen and oxygen atoms in total. The van der Waals surface area contributed by atoms with Crippen LogP contribution in [0.1, 0.15) is 18.7 Å². The molecule has 3 aromatic rings. The number of hydrogen-bond donors (Lipinski definition) is 0. The van der Waals surface area contributed by atoms with Crippen LogP contribution in [-0.4, -0.2) is 22.3 Å². The van der Waals surface area contributed by atoms with Crippen molar-refractivity contribution >= 4 is 17.5 Å². The first kappa shape index (κ1) is 15.8. The van der Waals surface area contributed by atoms with Crippen molar-refractivity contribution in [2.45, 2.75) is 13.0 Å². The van der Waals surface area contributed by atoms with E-state index in [1.165, 1.54) is 12.1 Å². The quantitative estimate of drug-likeness (QED) is 0.675. The molecule has 0 bridgehead atoms. The molecule has 1 aliphatic heterocycles. The fourth-order valence-corrected chi connectivity index (χ4v) is 2.97. The van der Waals surface area contributed by atoms with Gasteiger partial charge in [-0.05, 0) is 42.0 Å². The van der Waals surface area contributed by atoms with Gasteiger partial charge in [-0.1, -0.05) is 23.7 Å². The molecular weight excluding hydrogens is 341 g/mol. The number of nitrogens with zero attached hydrogens (tertiary/aromatic N) is 3. The molecule has 0 amide bonds. The molecular formula is C19H15ClFN3O. The minimum absolute atomic E-state index is 0.160. The number of halogens is 2. The zero-order chi connectivity index (χ0) is 17.4. The molecule has 1 aliphatic rings. The van der Waals surface area contributed by atoms with Crippen molar-refractivity contribution in [3.05, 3.63) is 71.3 Å². The average molecular weight is 356 g/mol. The van der Waals surface area contributed by atoms with Crippen molar-refractivity contribution in [3.63, 3.8) is 0 Å². The molecule has 0 N–H and O–H groups in total. The standard InChI is InChI=1S/C19H15ClFN3O/c1-12-22-18(11-25-12)19-17(13-2-4-14(20)5-3-13)10-24(23-19)16-8-6-15(21)7-9-16/h2-10,18H,11H2,1H3. The summed E-state index contributed by atoms with van der Waals surface area (Å²) >= 11 is 6.00. The van der Waals surface area contributed by atoms with Gasteiger partial charge < -0.3 is 4.74 Å². The molecule has 6 heteroatoms. The highest BCUT2D eigenvalue weighted by atomic mass is 35.5. The summed E-state index contributed by atoms with van der Waals surface area (Å²) in [4.78, 5) is 4.52. The summed E-state index contributed by atoms with van der Waals surface area (Å²) in [5.41, 5.74) is 3.55. The second kappa shape index (κ2) is 6.33. The van der Waals surface area contributed by atoms with Crippen LogP contribution in [0, 0.1) is 5.82 Å².